The van der Waals surface area contributed by atoms with Gasteiger partial charge in [0.1, 0.15) is 0 Å². The van der Waals surface area contributed by atoms with E-state index in [9.17, 15) is 4.79 Å². The van der Waals surface area contributed by atoms with Crippen LogP contribution in [-0.4, -0.2) is 18.1 Å². The molecule has 0 saturated heterocycles. The Bertz CT molecular complexity index is 371. The van der Waals surface area contributed by atoms with E-state index in [0.717, 1.165) is 22.0 Å². The first-order chi connectivity index (χ1) is 7.51. The Morgan fingerprint density at radius 2 is 2.12 bits per heavy atom. The molecule has 16 heavy (non-hydrogen) atoms. The number of carbonyl (C=O) groups is 1. The first-order valence-electron chi connectivity index (χ1n) is 5.56. The van der Waals surface area contributed by atoms with Crippen molar-refractivity contribution in [2.75, 3.05) is 7.11 Å². The summed E-state index contributed by atoms with van der Waals surface area (Å²) in [5.41, 5.74) is 0.964. The molecule has 0 aliphatic heterocycles. The zero-order valence-electron chi connectivity index (χ0n) is 10.5. The van der Waals surface area contributed by atoms with Crippen LogP contribution < -0.4 is 0 Å². The standard InChI is InChI=1S/C12H19NO2S/c1-6-9(12(14)15-5)10-8(4)13-11(16-10)7(2)3/h7,9H,6H2,1-5H3. The number of hydrogen-bond acceptors (Lipinski definition) is 4. The predicted molar refractivity (Wildman–Crippen MR) is 66.0 cm³/mol. The van der Waals surface area contributed by atoms with Gasteiger partial charge in [0.05, 0.1) is 23.7 Å². The van der Waals surface area contributed by atoms with Gasteiger partial charge in [-0.3, -0.25) is 4.79 Å². The number of rotatable bonds is 4. The zero-order chi connectivity index (χ0) is 12.3. The summed E-state index contributed by atoms with van der Waals surface area (Å²) in [5.74, 6) is 0.0900. The molecule has 0 radical (unpaired) electrons. The molecule has 0 fully saturated rings. The normalized spacial score (nSPS) is 12.9. The van der Waals surface area contributed by atoms with E-state index in [1.165, 1.54) is 7.11 Å². The second-order valence-electron chi connectivity index (χ2n) is 4.14. The fourth-order valence-corrected chi connectivity index (χ4v) is 2.84. The maximum atomic E-state index is 11.6. The molecule has 0 aromatic carbocycles. The van der Waals surface area contributed by atoms with Crippen molar-refractivity contribution >= 4 is 17.3 Å². The predicted octanol–water partition coefficient (Wildman–Crippen LogP) is 3.24. The highest BCUT2D eigenvalue weighted by molar-refractivity contribution is 7.12. The molecule has 3 nitrogen and oxygen atoms in total. The van der Waals surface area contributed by atoms with E-state index in [1.54, 1.807) is 11.3 Å². The lowest BCUT2D eigenvalue weighted by molar-refractivity contribution is -0.142. The van der Waals surface area contributed by atoms with Gasteiger partial charge in [0.25, 0.3) is 0 Å². The van der Waals surface area contributed by atoms with Gasteiger partial charge >= 0.3 is 5.97 Å². The Hall–Kier alpha value is -0.900. The summed E-state index contributed by atoms with van der Waals surface area (Å²) in [6.45, 7) is 8.18. The fourth-order valence-electron chi connectivity index (χ4n) is 1.60. The Labute approximate surface area is 101 Å². The molecule has 1 unspecified atom stereocenters. The molecule has 90 valence electrons. The number of thiazole rings is 1. The summed E-state index contributed by atoms with van der Waals surface area (Å²) < 4.78 is 4.82. The molecule has 1 rings (SSSR count). The molecule has 1 aromatic rings. The number of aryl methyl sites for hydroxylation is 1. The molecule has 0 aliphatic rings. The Morgan fingerprint density at radius 3 is 2.50 bits per heavy atom. The van der Waals surface area contributed by atoms with Crippen LogP contribution in [0.4, 0.5) is 0 Å². The van der Waals surface area contributed by atoms with Gasteiger partial charge in [-0.25, -0.2) is 4.98 Å². The number of hydrogen-bond donors (Lipinski definition) is 0. The van der Waals surface area contributed by atoms with Crippen LogP contribution in [0.1, 0.15) is 54.6 Å². The number of nitrogens with zero attached hydrogens (tertiary/aromatic N) is 1. The van der Waals surface area contributed by atoms with E-state index in [-0.39, 0.29) is 11.9 Å². The Balaban J connectivity index is 3.05. The quantitative estimate of drug-likeness (QED) is 0.760. The van der Waals surface area contributed by atoms with Crippen LogP contribution in [0.25, 0.3) is 0 Å². The first-order valence-corrected chi connectivity index (χ1v) is 6.37. The van der Waals surface area contributed by atoms with Crippen molar-refractivity contribution in [3.05, 3.63) is 15.6 Å². The van der Waals surface area contributed by atoms with Crippen molar-refractivity contribution in [2.45, 2.75) is 46.0 Å². The summed E-state index contributed by atoms with van der Waals surface area (Å²) >= 11 is 1.63. The minimum absolute atomic E-state index is 0.157. The van der Waals surface area contributed by atoms with Crippen LogP contribution in [0.2, 0.25) is 0 Å². The van der Waals surface area contributed by atoms with Gasteiger partial charge in [-0.2, -0.15) is 0 Å². The number of esters is 1. The topological polar surface area (TPSA) is 39.2 Å². The van der Waals surface area contributed by atoms with Crippen LogP contribution >= 0.6 is 11.3 Å². The molecular weight excluding hydrogens is 222 g/mol. The molecule has 0 N–H and O–H groups in total. The van der Waals surface area contributed by atoms with Gasteiger partial charge in [-0.05, 0) is 13.3 Å². The lowest BCUT2D eigenvalue weighted by atomic mass is 10.0. The molecule has 4 heteroatoms. The van der Waals surface area contributed by atoms with Crippen LogP contribution in [-0.2, 0) is 9.53 Å². The van der Waals surface area contributed by atoms with Gasteiger partial charge in [0.15, 0.2) is 0 Å². The molecule has 0 aliphatic carbocycles. The van der Waals surface area contributed by atoms with Crippen molar-refractivity contribution in [2.24, 2.45) is 0 Å². The van der Waals surface area contributed by atoms with Crippen LogP contribution in [0, 0.1) is 6.92 Å². The van der Waals surface area contributed by atoms with Crippen LogP contribution in [0.15, 0.2) is 0 Å². The van der Waals surface area contributed by atoms with Crippen molar-refractivity contribution in [1.29, 1.82) is 0 Å². The van der Waals surface area contributed by atoms with E-state index in [4.69, 9.17) is 4.74 Å². The summed E-state index contributed by atoms with van der Waals surface area (Å²) in [5, 5.41) is 1.09. The fraction of sp³-hybridized carbons (Fsp3) is 0.667. The van der Waals surface area contributed by atoms with Gasteiger partial charge in [0.2, 0.25) is 0 Å². The highest BCUT2D eigenvalue weighted by Crippen LogP contribution is 2.32. The van der Waals surface area contributed by atoms with E-state index in [2.05, 4.69) is 18.8 Å². The number of aromatic nitrogens is 1. The second kappa shape index (κ2) is 5.43. The average molecular weight is 241 g/mol. The first kappa shape index (κ1) is 13.2. The molecule has 1 atom stereocenters. The number of ether oxygens (including phenoxy) is 1. The minimum atomic E-state index is -0.162. The number of methoxy groups -OCH3 is 1. The van der Waals surface area contributed by atoms with E-state index < -0.39 is 0 Å². The zero-order valence-corrected chi connectivity index (χ0v) is 11.4. The van der Waals surface area contributed by atoms with E-state index in [1.807, 2.05) is 13.8 Å². The third-order valence-electron chi connectivity index (χ3n) is 2.55. The third-order valence-corrected chi connectivity index (χ3v) is 4.13. The SMILES string of the molecule is CCC(C(=O)OC)c1sc(C(C)C)nc1C. The number of carbonyl (C=O) groups excluding carboxylic acids is 1. The summed E-state index contributed by atoms with van der Waals surface area (Å²) in [7, 11) is 1.44. The lowest BCUT2D eigenvalue weighted by Gasteiger charge is -2.10. The van der Waals surface area contributed by atoms with Gasteiger partial charge in [-0.15, -0.1) is 11.3 Å². The Morgan fingerprint density at radius 1 is 1.50 bits per heavy atom. The molecule has 0 amide bonds. The third kappa shape index (κ3) is 2.61. The van der Waals surface area contributed by atoms with Crippen molar-refractivity contribution in [3.63, 3.8) is 0 Å². The van der Waals surface area contributed by atoms with Crippen molar-refractivity contribution < 1.29 is 9.53 Å². The van der Waals surface area contributed by atoms with E-state index in [0.29, 0.717) is 5.92 Å². The van der Waals surface area contributed by atoms with Gasteiger partial charge in [0, 0.05) is 10.8 Å². The maximum absolute atomic E-state index is 11.6. The van der Waals surface area contributed by atoms with Crippen LogP contribution in [0.3, 0.4) is 0 Å². The minimum Gasteiger partial charge on any atom is -0.469 e. The average Bonchev–Trinajstić information content (AvgIpc) is 2.62. The molecule has 0 bridgehead atoms. The van der Waals surface area contributed by atoms with Gasteiger partial charge in [-0.1, -0.05) is 20.8 Å². The second-order valence-corrected chi connectivity index (χ2v) is 5.20. The lowest BCUT2D eigenvalue weighted by Crippen LogP contribution is -2.13. The molecule has 1 heterocycles. The summed E-state index contributed by atoms with van der Waals surface area (Å²) in [4.78, 5) is 17.2. The maximum Gasteiger partial charge on any atom is 0.314 e. The highest BCUT2D eigenvalue weighted by atomic mass is 32.1. The van der Waals surface area contributed by atoms with Crippen molar-refractivity contribution in [3.8, 4) is 0 Å². The highest BCUT2D eigenvalue weighted by Gasteiger charge is 2.24. The van der Waals surface area contributed by atoms with Gasteiger partial charge < -0.3 is 4.74 Å². The summed E-state index contributed by atoms with van der Waals surface area (Å²) in [6, 6.07) is 0. The van der Waals surface area contributed by atoms with E-state index >= 15 is 0 Å². The summed E-state index contributed by atoms with van der Waals surface area (Å²) in [6.07, 6.45) is 0.757. The smallest absolute Gasteiger partial charge is 0.314 e. The van der Waals surface area contributed by atoms with Crippen LogP contribution in [0.5, 0.6) is 0 Å². The molecular formula is C12H19NO2S. The monoisotopic (exact) mass is 241 g/mol. The van der Waals surface area contributed by atoms with Crippen molar-refractivity contribution in [1.82, 2.24) is 4.98 Å². The molecule has 0 saturated carbocycles. The molecule has 0 spiro atoms. The largest absolute Gasteiger partial charge is 0.469 e. The Kier molecular flexibility index (Phi) is 4.47. The molecule has 1 aromatic heterocycles.